The molecule has 0 saturated heterocycles. The topological polar surface area (TPSA) is 64.7 Å². The minimum Gasteiger partial charge on any atom is -0.355 e. The van der Waals surface area contributed by atoms with Gasteiger partial charge < -0.3 is 20.4 Å². The lowest BCUT2D eigenvalue weighted by Gasteiger charge is -2.10. The van der Waals surface area contributed by atoms with E-state index in [0.29, 0.717) is 12.0 Å². The minimum absolute atomic E-state index is 0.0488. The average Bonchev–Trinajstić information content (AvgIpc) is 2.73. The van der Waals surface area contributed by atoms with E-state index in [1.165, 1.54) is 11.1 Å². The van der Waals surface area contributed by atoms with Gasteiger partial charge in [0.15, 0.2) is 0 Å². The summed E-state index contributed by atoms with van der Waals surface area (Å²) in [5.41, 5.74) is 4.27. The van der Waals surface area contributed by atoms with Crippen molar-refractivity contribution in [2.75, 3.05) is 48.8 Å². The number of carbonyl (C=O) groups is 2. The fraction of sp³-hybridized carbons (Fsp3) is 0.417. The SMILES string of the molecule is CNC(=O)c1ccc(CC(=O)N(C)C)cc1.CNCc1ccc(CCN(C)C)cc1. The second kappa shape index (κ2) is 13.5. The third kappa shape index (κ3) is 9.67. The first-order valence-electron chi connectivity index (χ1n) is 10.1. The summed E-state index contributed by atoms with van der Waals surface area (Å²) in [5, 5.41) is 5.69. The second-order valence-electron chi connectivity index (χ2n) is 7.64. The second-order valence-corrected chi connectivity index (χ2v) is 7.64. The molecule has 0 aromatic heterocycles. The average molecular weight is 413 g/mol. The summed E-state index contributed by atoms with van der Waals surface area (Å²) in [7, 11) is 11.2. The molecule has 0 spiro atoms. The van der Waals surface area contributed by atoms with E-state index in [-0.39, 0.29) is 11.8 Å². The van der Waals surface area contributed by atoms with Crippen molar-refractivity contribution in [1.82, 2.24) is 20.4 Å². The van der Waals surface area contributed by atoms with Crippen LogP contribution in [0.5, 0.6) is 0 Å². The zero-order chi connectivity index (χ0) is 22.5. The molecule has 0 heterocycles. The van der Waals surface area contributed by atoms with Gasteiger partial charge in [-0.2, -0.15) is 0 Å². The molecule has 2 aromatic rings. The number of nitrogens with one attached hydrogen (secondary N) is 2. The van der Waals surface area contributed by atoms with Crippen LogP contribution in [-0.4, -0.2) is 70.4 Å². The van der Waals surface area contributed by atoms with Gasteiger partial charge in [-0.3, -0.25) is 9.59 Å². The Labute approximate surface area is 181 Å². The van der Waals surface area contributed by atoms with Crippen LogP contribution < -0.4 is 10.6 Å². The Morgan fingerprint density at radius 1 is 0.800 bits per heavy atom. The van der Waals surface area contributed by atoms with Crippen LogP contribution >= 0.6 is 0 Å². The summed E-state index contributed by atoms with van der Waals surface area (Å²) in [6.07, 6.45) is 1.49. The summed E-state index contributed by atoms with van der Waals surface area (Å²) in [4.78, 5) is 26.5. The monoisotopic (exact) mass is 412 g/mol. The van der Waals surface area contributed by atoms with Crippen molar-refractivity contribution in [3.8, 4) is 0 Å². The molecule has 30 heavy (non-hydrogen) atoms. The van der Waals surface area contributed by atoms with Crippen molar-refractivity contribution in [3.05, 3.63) is 70.8 Å². The van der Waals surface area contributed by atoms with E-state index in [0.717, 1.165) is 25.1 Å². The number of hydrogen-bond acceptors (Lipinski definition) is 4. The molecule has 6 heteroatoms. The predicted molar refractivity (Wildman–Crippen MR) is 124 cm³/mol. The van der Waals surface area contributed by atoms with Crippen LogP contribution in [0.25, 0.3) is 0 Å². The number of carbonyl (C=O) groups excluding carboxylic acids is 2. The molecule has 2 aromatic carbocycles. The molecule has 2 amide bonds. The molecule has 164 valence electrons. The summed E-state index contributed by atoms with van der Waals surface area (Å²) in [6, 6.07) is 15.9. The smallest absolute Gasteiger partial charge is 0.251 e. The van der Waals surface area contributed by atoms with E-state index in [9.17, 15) is 9.59 Å². The normalized spacial score (nSPS) is 10.2. The molecule has 0 aliphatic carbocycles. The van der Waals surface area contributed by atoms with Crippen molar-refractivity contribution < 1.29 is 9.59 Å². The van der Waals surface area contributed by atoms with Crippen molar-refractivity contribution >= 4 is 11.8 Å². The number of likely N-dealkylation sites (N-methyl/N-ethyl adjacent to an activating group) is 2. The van der Waals surface area contributed by atoms with Gasteiger partial charge in [0.25, 0.3) is 5.91 Å². The highest BCUT2D eigenvalue weighted by atomic mass is 16.2. The first-order chi connectivity index (χ1) is 14.3. The molecule has 0 fully saturated rings. The Balaban J connectivity index is 0.000000303. The van der Waals surface area contributed by atoms with Crippen molar-refractivity contribution in [1.29, 1.82) is 0 Å². The molecule has 0 atom stereocenters. The van der Waals surface area contributed by atoms with Gasteiger partial charge in [-0.05, 0) is 56.4 Å². The van der Waals surface area contributed by atoms with Gasteiger partial charge in [0, 0.05) is 39.8 Å². The minimum atomic E-state index is -0.120. The van der Waals surface area contributed by atoms with Crippen molar-refractivity contribution in [3.63, 3.8) is 0 Å². The zero-order valence-electron chi connectivity index (χ0n) is 19.2. The molecule has 0 unspecified atom stereocenters. The summed E-state index contributed by atoms with van der Waals surface area (Å²) in [5.74, 6) is -0.0711. The van der Waals surface area contributed by atoms with Crippen LogP contribution in [0.15, 0.2) is 48.5 Å². The molecule has 2 rings (SSSR count). The Morgan fingerprint density at radius 2 is 1.33 bits per heavy atom. The van der Waals surface area contributed by atoms with E-state index < -0.39 is 0 Å². The number of benzene rings is 2. The highest BCUT2D eigenvalue weighted by molar-refractivity contribution is 5.94. The van der Waals surface area contributed by atoms with E-state index >= 15 is 0 Å². The molecule has 0 aliphatic rings. The highest BCUT2D eigenvalue weighted by Gasteiger charge is 2.07. The van der Waals surface area contributed by atoms with Crippen LogP contribution in [0.4, 0.5) is 0 Å². The predicted octanol–water partition coefficient (Wildman–Crippen LogP) is 2.19. The fourth-order valence-corrected chi connectivity index (χ4v) is 2.63. The van der Waals surface area contributed by atoms with Gasteiger partial charge in [-0.1, -0.05) is 36.4 Å². The van der Waals surface area contributed by atoms with E-state index in [2.05, 4.69) is 53.9 Å². The van der Waals surface area contributed by atoms with E-state index in [4.69, 9.17) is 0 Å². The standard InChI is InChI=1S/C12H16N2O2.C12H20N2/c1-13-12(16)10-6-4-9(5-7-10)8-11(15)14(2)3;1-13-10-12-6-4-11(5-7-12)8-9-14(2)3/h4-7H,8H2,1-3H3,(H,13,16);4-7,13H,8-10H2,1-3H3. The lowest BCUT2D eigenvalue weighted by Crippen LogP contribution is -2.23. The Hall–Kier alpha value is -2.70. The van der Waals surface area contributed by atoms with Crippen molar-refractivity contribution in [2.45, 2.75) is 19.4 Å². The molecule has 0 radical (unpaired) electrons. The first kappa shape index (κ1) is 25.3. The van der Waals surface area contributed by atoms with Gasteiger partial charge >= 0.3 is 0 Å². The molecular formula is C24H36N4O2. The Kier molecular flexibility index (Phi) is 11.4. The molecule has 0 bridgehead atoms. The number of amides is 2. The lowest BCUT2D eigenvalue weighted by molar-refractivity contribution is -0.127. The number of hydrogen-bond donors (Lipinski definition) is 2. The maximum Gasteiger partial charge on any atom is 0.251 e. The third-order valence-electron chi connectivity index (χ3n) is 4.55. The lowest BCUT2D eigenvalue weighted by atomic mass is 10.1. The van der Waals surface area contributed by atoms with Crippen LogP contribution in [0.1, 0.15) is 27.0 Å². The Morgan fingerprint density at radius 3 is 1.80 bits per heavy atom. The van der Waals surface area contributed by atoms with Crippen LogP contribution in [0, 0.1) is 0 Å². The number of nitrogens with zero attached hydrogens (tertiary/aromatic N) is 2. The highest BCUT2D eigenvalue weighted by Crippen LogP contribution is 2.06. The molecular weight excluding hydrogens is 376 g/mol. The summed E-state index contributed by atoms with van der Waals surface area (Å²) >= 11 is 0. The molecule has 0 aliphatic heterocycles. The maximum atomic E-state index is 11.4. The molecule has 0 saturated carbocycles. The van der Waals surface area contributed by atoms with E-state index in [1.807, 2.05) is 7.05 Å². The van der Waals surface area contributed by atoms with Crippen molar-refractivity contribution in [2.24, 2.45) is 0 Å². The van der Waals surface area contributed by atoms with Gasteiger partial charge in [0.2, 0.25) is 5.91 Å². The van der Waals surface area contributed by atoms with Crippen LogP contribution in [0.3, 0.4) is 0 Å². The largest absolute Gasteiger partial charge is 0.355 e. The third-order valence-corrected chi connectivity index (χ3v) is 4.55. The van der Waals surface area contributed by atoms with Crippen LogP contribution in [-0.2, 0) is 24.2 Å². The summed E-state index contributed by atoms with van der Waals surface area (Å²) < 4.78 is 0. The van der Waals surface area contributed by atoms with Gasteiger partial charge in [-0.15, -0.1) is 0 Å². The quantitative estimate of drug-likeness (QED) is 0.698. The fourth-order valence-electron chi connectivity index (χ4n) is 2.63. The zero-order valence-corrected chi connectivity index (χ0v) is 19.2. The first-order valence-corrected chi connectivity index (χ1v) is 10.1. The van der Waals surface area contributed by atoms with Crippen LogP contribution in [0.2, 0.25) is 0 Å². The maximum absolute atomic E-state index is 11.4. The molecule has 2 N–H and O–H groups in total. The van der Waals surface area contributed by atoms with Gasteiger partial charge in [-0.25, -0.2) is 0 Å². The number of rotatable bonds is 8. The van der Waals surface area contributed by atoms with E-state index in [1.54, 1.807) is 50.3 Å². The summed E-state index contributed by atoms with van der Waals surface area (Å²) in [6.45, 7) is 2.07. The Bertz CT molecular complexity index is 769. The van der Waals surface area contributed by atoms with Gasteiger partial charge in [0.05, 0.1) is 6.42 Å². The molecule has 6 nitrogen and oxygen atoms in total. The van der Waals surface area contributed by atoms with Gasteiger partial charge in [0.1, 0.15) is 0 Å².